The fourth-order valence-corrected chi connectivity index (χ4v) is 4.85. The number of carbonyl (C=O) groups excluding carboxylic acids is 3. The van der Waals surface area contributed by atoms with Gasteiger partial charge in [0.2, 0.25) is 0 Å². The molecule has 1 N–H and O–H groups in total. The summed E-state index contributed by atoms with van der Waals surface area (Å²) >= 11 is 0. The van der Waals surface area contributed by atoms with Crippen molar-refractivity contribution in [1.29, 1.82) is 0 Å². The number of para-hydroxylation sites is 1. The molecular weight excluding hydrogens is 454 g/mol. The lowest BCUT2D eigenvalue weighted by molar-refractivity contribution is -0.151. The van der Waals surface area contributed by atoms with Crippen LogP contribution in [-0.2, 0) is 28.6 Å². The highest BCUT2D eigenvalue weighted by atomic mass is 16.6. The predicted octanol–water partition coefficient (Wildman–Crippen LogP) is 2.60. The Hall–Kier alpha value is -3.72. The highest BCUT2D eigenvalue weighted by molar-refractivity contribution is 6.12. The number of rotatable bonds is 6. The molecule has 184 valence electrons. The quantitative estimate of drug-likeness (QED) is 0.377. The fourth-order valence-electron chi connectivity index (χ4n) is 4.85. The summed E-state index contributed by atoms with van der Waals surface area (Å²) in [5.41, 5.74) is 1.42. The molecule has 2 heterocycles. The van der Waals surface area contributed by atoms with Gasteiger partial charge in [0.05, 0.1) is 36.9 Å². The molecule has 0 saturated heterocycles. The first kappa shape index (κ1) is 24.4. The molecule has 1 aromatic heterocycles. The Bertz CT molecular complexity index is 1320. The van der Waals surface area contributed by atoms with E-state index in [0.29, 0.717) is 28.8 Å². The van der Waals surface area contributed by atoms with Gasteiger partial charge in [0, 0.05) is 29.6 Å². The molecule has 0 amide bonds. The van der Waals surface area contributed by atoms with Crippen LogP contribution in [-0.4, -0.2) is 45.2 Å². The van der Waals surface area contributed by atoms with Gasteiger partial charge in [-0.05, 0) is 31.4 Å². The molecule has 2 aromatic rings. The Morgan fingerprint density at radius 3 is 2.60 bits per heavy atom. The second-order valence-corrected chi connectivity index (χ2v) is 8.68. The molecule has 3 atom stereocenters. The van der Waals surface area contributed by atoms with Gasteiger partial charge in [-0.3, -0.25) is 14.4 Å². The van der Waals surface area contributed by atoms with Gasteiger partial charge in [0.25, 0.3) is 0 Å². The second kappa shape index (κ2) is 9.87. The maximum atomic E-state index is 13.7. The van der Waals surface area contributed by atoms with E-state index in [-0.39, 0.29) is 41.3 Å². The van der Waals surface area contributed by atoms with Crippen LogP contribution in [0.5, 0.6) is 0 Å². The number of Topliss-reactive ketones (excluding diaryl/α,β-unsaturated/α-hetero) is 1. The molecule has 0 radical (unpaired) electrons. The predicted molar refractivity (Wildman–Crippen MR) is 125 cm³/mol. The SMILES string of the molecule is COCCOC(=O)C1=C(C)NC2=C(C(=O)[C@H](C(=O)OC)[C@H](C)C2)[C@H]1c1coc2ccccc2c1=O. The lowest BCUT2D eigenvalue weighted by atomic mass is 9.69. The van der Waals surface area contributed by atoms with E-state index >= 15 is 0 Å². The first-order valence-corrected chi connectivity index (χ1v) is 11.3. The van der Waals surface area contributed by atoms with Crippen LogP contribution in [0.4, 0.5) is 0 Å². The van der Waals surface area contributed by atoms with Gasteiger partial charge in [-0.1, -0.05) is 19.1 Å². The van der Waals surface area contributed by atoms with E-state index in [0.717, 1.165) is 0 Å². The summed E-state index contributed by atoms with van der Waals surface area (Å²) in [6, 6.07) is 6.73. The lowest BCUT2D eigenvalue weighted by Gasteiger charge is -2.37. The summed E-state index contributed by atoms with van der Waals surface area (Å²) in [6.07, 6.45) is 1.64. The molecule has 0 bridgehead atoms. The maximum Gasteiger partial charge on any atom is 0.336 e. The monoisotopic (exact) mass is 481 g/mol. The zero-order chi connectivity index (χ0) is 25.3. The van der Waals surface area contributed by atoms with Crippen molar-refractivity contribution in [2.45, 2.75) is 26.2 Å². The molecule has 1 aliphatic carbocycles. The number of allylic oxidation sites excluding steroid dienone is 3. The number of benzene rings is 1. The van der Waals surface area contributed by atoms with Crippen LogP contribution < -0.4 is 10.7 Å². The number of hydrogen-bond donors (Lipinski definition) is 1. The van der Waals surface area contributed by atoms with Gasteiger partial charge < -0.3 is 23.9 Å². The number of ether oxygens (including phenoxy) is 3. The first-order chi connectivity index (χ1) is 16.8. The highest BCUT2D eigenvalue weighted by Crippen LogP contribution is 2.45. The highest BCUT2D eigenvalue weighted by Gasteiger charge is 2.48. The van der Waals surface area contributed by atoms with E-state index in [4.69, 9.17) is 18.6 Å². The molecule has 1 aromatic carbocycles. The van der Waals surface area contributed by atoms with E-state index in [1.807, 2.05) is 0 Å². The first-order valence-electron chi connectivity index (χ1n) is 11.3. The van der Waals surface area contributed by atoms with Crippen LogP contribution in [0.3, 0.4) is 0 Å². The van der Waals surface area contributed by atoms with E-state index in [1.165, 1.54) is 20.5 Å². The minimum atomic E-state index is -1.07. The molecule has 1 aliphatic heterocycles. The molecule has 9 heteroatoms. The van der Waals surface area contributed by atoms with E-state index < -0.39 is 29.6 Å². The average Bonchev–Trinajstić information content (AvgIpc) is 2.83. The molecule has 2 aliphatic rings. The molecule has 0 unspecified atom stereocenters. The van der Waals surface area contributed by atoms with E-state index in [9.17, 15) is 19.2 Å². The number of hydrogen-bond acceptors (Lipinski definition) is 9. The van der Waals surface area contributed by atoms with Crippen LogP contribution in [0.25, 0.3) is 11.0 Å². The summed E-state index contributed by atoms with van der Waals surface area (Å²) in [5, 5.41) is 3.47. The normalized spacial score (nSPS) is 22.1. The van der Waals surface area contributed by atoms with Gasteiger partial charge in [-0.2, -0.15) is 0 Å². The second-order valence-electron chi connectivity index (χ2n) is 8.68. The van der Waals surface area contributed by atoms with Crippen molar-refractivity contribution in [2.75, 3.05) is 27.4 Å². The Kier molecular flexibility index (Phi) is 6.88. The number of nitrogens with one attached hydrogen (secondary N) is 1. The van der Waals surface area contributed by atoms with Gasteiger partial charge in [0.1, 0.15) is 18.1 Å². The summed E-state index contributed by atoms with van der Waals surface area (Å²) in [5.74, 6) is -4.32. The molecule has 0 saturated carbocycles. The van der Waals surface area contributed by atoms with Gasteiger partial charge in [0.15, 0.2) is 11.2 Å². The van der Waals surface area contributed by atoms with Crippen molar-refractivity contribution >= 4 is 28.7 Å². The number of fused-ring (bicyclic) bond motifs is 1. The molecule has 35 heavy (non-hydrogen) atoms. The van der Waals surface area contributed by atoms with Crippen molar-refractivity contribution < 1.29 is 33.0 Å². The molecule has 9 nitrogen and oxygen atoms in total. The number of carbonyl (C=O) groups is 3. The lowest BCUT2D eigenvalue weighted by Crippen LogP contribution is -2.44. The van der Waals surface area contributed by atoms with E-state index in [1.54, 1.807) is 38.1 Å². The van der Waals surface area contributed by atoms with Crippen molar-refractivity contribution in [1.82, 2.24) is 5.32 Å². The summed E-state index contributed by atoms with van der Waals surface area (Å²) in [7, 11) is 2.71. The van der Waals surface area contributed by atoms with Gasteiger partial charge in [-0.25, -0.2) is 4.79 Å². The fraction of sp³-hybridized carbons (Fsp3) is 0.385. The zero-order valence-corrected chi connectivity index (χ0v) is 20.0. The smallest absolute Gasteiger partial charge is 0.336 e. The van der Waals surface area contributed by atoms with Crippen LogP contribution >= 0.6 is 0 Å². The van der Waals surface area contributed by atoms with Crippen molar-refractivity contribution in [3.8, 4) is 0 Å². The van der Waals surface area contributed by atoms with Gasteiger partial charge in [-0.15, -0.1) is 0 Å². The van der Waals surface area contributed by atoms with Crippen molar-refractivity contribution in [2.24, 2.45) is 11.8 Å². The summed E-state index contributed by atoms with van der Waals surface area (Å²) < 4.78 is 21.0. The van der Waals surface area contributed by atoms with Crippen molar-refractivity contribution in [3.63, 3.8) is 0 Å². The Labute approximate surface area is 201 Å². The van der Waals surface area contributed by atoms with Crippen LogP contribution in [0.2, 0.25) is 0 Å². The Morgan fingerprint density at radius 2 is 1.89 bits per heavy atom. The molecule has 0 spiro atoms. The van der Waals surface area contributed by atoms with Crippen LogP contribution in [0.15, 0.2) is 62.3 Å². The Balaban J connectivity index is 1.92. The average molecular weight is 482 g/mol. The van der Waals surface area contributed by atoms with Gasteiger partial charge >= 0.3 is 11.9 Å². The summed E-state index contributed by atoms with van der Waals surface area (Å²) in [6.45, 7) is 3.65. The molecule has 4 rings (SSSR count). The topological polar surface area (TPSA) is 121 Å². The van der Waals surface area contributed by atoms with Crippen molar-refractivity contribution in [3.05, 3.63) is 68.9 Å². The third kappa shape index (κ3) is 4.27. The minimum absolute atomic E-state index is 0.00711. The van der Waals surface area contributed by atoms with Crippen LogP contribution in [0, 0.1) is 11.8 Å². The number of dihydropyridines is 1. The third-order valence-electron chi connectivity index (χ3n) is 6.50. The zero-order valence-electron chi connectivity index (χ0n) is 20.0. The summed E-state index contributed by atoms with van der Waals surface area (Å²) in [4.78, 5) is 53.1. The molecular formula is C26H27NO8. The number of esters is 2. The molecule has 0 fully saturated rings. The Morgan fingerprint density at radius 1 is 1.14 bits per heavy atom. The maximum absolute atomic E-state index is 13.7. The number of ketones is 1. The standard InChI is InChI=1S/C26H27NO8/c1-13-11-17-22(24(29)19(13)25(30)33-4)21(20(14(2)27-17)26(31)34-10-9-32-3)16-12-35-18-8-6-5-7-15(18)23(16)28/h5-8,12-13,19,21,27H,9-11H2,1-4H3/t13-,19-,21+/m1/s1. The largest absolute Gasteiger partial charge is 0.468 e. The third-order valence-corrected chi connectivity index (χ3v) is 6.50. The van der Waals surface area contributed by atoms with E-state index in [2.05, 4.69) is 5.32 Å². The number of methoxy groups -OCH3 is 2. The minimum Gasteiger partial charge on any atom is -0.468 e. The van der Waals surface area contributed by atoms with Crippen LogP contribution in [0.1, 0.15) is 31.7 Å².